The summed E-state index contributed by atoms with van der Waals surface area (Å²) in [5.74, 6) is 2.05. The fourth-order valence-corrected chi connectivity index (χ4v) is 10.1. The Balaban J connectivity index is 0.000000391. The van der Waals surface area contributed by atoms with Crippen molar-refractivity contribution in [1.82, 2.24) is 0 Å². The second-order valence-electron chi connectivity index (χ2n) is 22.1. The molecule has 353 valence electrons. The molecule has 0 amide bonds. The summed E-state index contributed by atoms with van der Waals surface area (Å²) >= 11 is 0.0178. The first kappa shape index (κ1) is 48.8. The van der Waals surface area contributed by atoms with Crippen molar-refractivity contribution < 1.29 is 42.6 Å². The van der Waals surface area contributed by atoms with E-state index >= 15 is 0 Å². The first-order valence-corrected chi connectivity index (χ1v) is 24.8. The number of hydrogen-bond acceptors (Lipinski definition) is 4. The molecule has 0 atom stereocenters. The number of nitrogens with zero attached hydrogens (tertiary/aromatic N) is 2. The molecule has 0 saturated heterocycles. The van der Waals surface area contributed by atoms with E-state index in [4.69, 9.17) is 4.74 Å². The third kappa shape index (κ3) is 10.5. The Kier molecular flexibility index (Phi) is 13.2. The summed E-state index contributed by atoms with van der Waals surface area (Å²) < 4.78 is 10.1. The van der Waals surface area contributed by atoms with Gasteiger partial charge in [0, 0.05) is 0 Å². The predicted octanol–water partition coefficient (Wildman–Crippen LogP) is 15.3. The monoisotopic (exact) mass is 956 g/mol. The number of ether oxygens (including phenoxy) is 1. The minimum absolute atomic E-state index is 0.00888. The molecule has 69 heavy (non-hydrogen) atoms. The SMILES string of the molecule is CC(C)(C)c1cc(C=[N+]2[Mn][N+](=Cc3cc(C(C)(C)C)cc(C(C)(C)C)c3O)c3ccc4ccccc4c3-c3c2ccc2ccccc32)c(O)c(C(C)(C)C)c1.[O-]c1ccc(Oc2ccccc2)cc1. The number of benzene rings is 8. The van der Waals surface area contributed by atoms with Crippen LogP contribution in [-0.4, -0.2) is 29.8 Å². The summed E-state index contributed by atoms with van der Waals surface area (Å²) in [6.07, 6.45) is 4.29. The maximum absolute atomic E-state index is 12.1. The number of hydrogen-bond donors (Lipinski definition) is 2. The third-order valence-electron chi connectivity index (χ3n) is 12.6. The standard InChI is InChI=1S/C50H56N2O2.C12H10O2.Mn/c1-47(2,3)35-25-33(45(53)39(27-35)49(7,8)9)29-51-41-23-21-31-17-13-15-19-37(31)43(41)44-38-20-16-14-18-32(38)22-24-42(44)52-30-34-26-36(48(4,5)6)28-40(46(34)54)50(10,11)12;13-10-6-8-12(9-7-10)14-11-4-2-1-3-5-11;/h13-30,53-54H,1-12H3;1-9,13H;/q;;+2/p-1. The number of fused-ring (bicyclic) bond motifs is 7. The van der Waals surface area contributed by atoms with Crippen LogP contribution in [-0.2, 0) is 37.1 Å². The minimum atomic E-state index is -0.265. The normalized spacial score (nSPS) is 14.3. The predicted molar refractivity (Wildman–Crippen MR) is 280 cm³/mol. The van der Waals surface area contributed by atoms with Gasteiger partial charge in [0.05, 0.1) is 0 Å². The Morgan fingerprint density at radius 2 is 0.841 bits per heavy atom. The second kappa shape index (κ2) is 18.7. The number of phenolic OH excluding ortho intramolecular Hbond substituents is 2. The van der Waals surface area contributed by atoms with Crippen molar-refractivity contribution in [3.05, 3.63) is 185 Å². The van der Waals surface area contributed by atoms with Gasteiger partial charge in [0.25, 0.3) is 0 Å². The quantitative estimate of drug-likeness (QED) is 0.172. The zero-order chi connectivity index (χ0) is 49.6. The Morgan fingerprint density at radius 3 is 1.25 bits per heavy atom. The van der Waals surface area contributed by atoms with Crippen LogP contribution in [0.15, 0.2) is 152 Å². The fraction of sp³-hybridized carbons (Fsp3) is 0.258. The summed E-state index contributed by atoms with van der Waals surface area (Å²) in [4.78, 5) is 0. The van der Waals surface area contributed by atoms with E-state index < -0.39 is 0 Å². The van der Waals surface area contributed by atoms with Gasteiger partial charge in [-0.2, -0.15) is 0 Å². The summed E-state index contributed by atoms with van der Waals surface area (Å²) in [5, 5.41) is 39.7. The third-order valence-corrected chi connectivity index (χ3v) is 14.0. The molecule has 2 N–H and O–H groups in total. The zero-order valence-corrected chi connectivity index (χ0v) is 43.3. The van der Waals surface area contributed by atoms with Crippen molar-refractivity contribution >= 4 is 45.3 Å². The maximum atomic E-state index is 12.1. The maximum Gasteiger partial charge on any atom is 0.127 e. The Labute approximate surface area is 415 Å². The fourth-order valence-electron chi connectivity index (χ4n) is 8.65. The molecule has 1 aliphatic rings. The average molecular weight is 957 g/mol. The number of aromatic hydroxyl groups is 2. The van der Waals surface area contributed by atoms with Crippen molar-refractivity contribution in [3.8, 4) is 39.9 Å². The van der Waals surface area contributed by atoms with Gasteiger partial charge in [-0.05, 0) is 24.3 Å². The van der Waals surface area contributed by atoms with E-state index in [1.165, 1.54) is 44.8 Å². The van der Waals surface area contributed by atoms with Gasteiger partial charge in [0.2, 0.25) is 0 Å². The Hall–Kier alpha value is -6.66. The largest absolute Gasteiger partial charge is 0.872 e. The molecule has 0 aromatic heterocycles. The van der Waals surface area contributed by atoms with Crippen LogP contribution in [0.1, 0.15) is 116 Å². The molecule has 0 spiro atoms. The van der Waals surface area contributed by atoms with E-state index in [-0.39, 0.29) is 42.8 Å². The number of phenols is 2. The van der Waals surface area contributed by atoms with Gasteiger partial charge in [0.15, 0.2) is 0 Å². The molecule has 0 aliphatic carbocycles. The first-order chi connectivity index (χ1) is 32.5. The van der Waals surface area contributed by atoms with E-state index in [1.54, 1.807) is 12.1 Å². The topological polar surface area (TPSA) is 78.8 Å². The van der Waals surface area contributed by atoms with E-state index in [9.17, 15) is 15.3 Å². The Bertz CT molecular complexity index is 3090. The smallest absolute Gasteiger partial charge is 0.127 e. The van der Waals surface area contributed by atoms with Crippen LogP contribution < -0.4 is 9.84 Å². The van der Waals surface area contributed by atoms with Gasteiger partial charge >= 0.3 is 336 Å². The molecule has 1 heterocycles. The minimum Gasteiger partial charge on any atom is -0.872 e. The van der Waals surface area contributed by atoms with E-state index in [1.807, 2.05) is 30.3 Å². The van der Waals surface area contributed by atoms with Crippen LogP contribution >= 0.6 is 0 Å². The first-order valence-electron chi connectivity index (χ1n) is 23.7. The molecule has 0 unspecified atom stereocenters. The van der Waals surface area contributed by atoms with Crippen LogP contribution in [0.3, 0.4) is 0 Å². The Morgan fingerprint density at radius 1 is 0.449 bits per heavy atom. The van der Waals surface area contributed by atoms with Gasteiger partial charge in [-0.3, -0.25) is 0 Å². The van der Waals surface area contributed by atoms with Crippen molar-refractivity contribution in [2.24, 2.45) is 0 Å². The van der Waals surface area contributed by atoms with Gasteiger partial charge in [-0.1, -0.05) is 30.3 Å². The van der Waals surface area contributed by atoms with Gasteiger partial charge in [0.1, 0.15) is 11.5 Å². The molecular formula is C62H65MnN2O4+. The summed E-state index contributed by atoms with van der Waals surface area (Å²) in [5.41, 5.74) is 9.43. The molecule has 0 saturated carbocycles. The average Bonchev–Trinajstić information content (AvgIpc) is 3.42. The van der Waals surface area contributed by atoms with Crippen molar-refractivity contribution in [2.45, 2.75) is 105 Å². The molecular weight excluding hydrogens is 892 g/mol. The molecule has 8 aromatic rings. The van der Waals surface area contributed by atoms with Crippen LogP contribution in [0.25, 0.3) is 32.7 Å². The van der Waals surface area contributed by atoms with Crippen LogP contribution in [0.4, 0.5) is 11.4 Å². The van der Waals surface area contributed by atoms with Crippen LogP contribution in [0.2, 0.25) is 0 Å². The molecule has 8 aromatic carbocycles. The van der Waals surface area contributed by atoms with Crippen molar-refractivity contribution in [1.29, 1.82) is 0 Å². The molecule has 7 heteroatoms. The van der Waals surface area contributed by atoms with Crippen molar-refractivity contribution in [3.63, 3.8) is 0 Å². The molecule has 0 radical (unpaired) electrons. The van der Waals surface area contributed by atoms with Crippen LogP contribution in [0.5, 0.6) is 28.7 Å². The zero-order valence-electron chi connectivity index (χ0n) is 42.1. The van der Waals surface area contributed by atoms with Gasteiger partial charge < -0.3 is 9.84 Å². The molecule has 6 nitrogen and oxygen atoms in total. The molecule has 1 aliphatic heterocycles. The van der Waals surface area contributed by atoms with Crippen molar-refractivity contribution in [2.75, 3.05) is 0 Å². The molecule has 9 rings (SSSR count). The summed E-state index contributed by atoms with van der Waals surface area (Å²) in [7, 11) is 0. The number of rotatable bonds is 4. The van der Waals surface area contributed by atoms with E-state index in [2.05, 4.69) is 200 Å². The van der Waals surface area contributed by atoms with Gasteiger partial charge in [-0.15, -0.1) is 5.75 Å². The summed E-state index contributed by atoms with van der Waals surface area (Å²) in [6, 6.07) is 50.6. The summed E-state index contributed by atoms with van der Waals surface area (Å²) in [6.45, 7) is 26.4. The van der Waals surface area contributed by atoms with Crippen LogP contribution in [0, 0.1) is 0 Å². The van der Waals surface area contributed by atoms with Gasteiger partial charge in [-0.25, -0.2) is 0 Å². The second-order valence-corrected chi connectivity index (χ2v) is 23.5. The van der Waals surface area contributed by atoms with E-state index in [0.29, 0.717) is 17.2 Å². The number of para-hydroxylation sites is 1. The molecule has 0 fully saturated rings. The molecule has 0 bridgehead atoms. The van der Waals surface area contributed by atoms with E-state index in [0.717, 1.165) is 50.5 Å².